The summed E-state index contributed by atoms with van der Waals surface area (Å²) in [5.41, 5.74) is 0.171. The lowest BCUT2D eigenvalue weighted by molar-refractivity contribution is 0.0695. The van der Waals surface area contributed by atoms with Crippen LogP contribution in [0, 0.1) is 18.3 Å². The zero-order valence-electron chi connectivity index (χ0n) is 10.2. The van der Waals surface area contributed by atoms with Crippen LogP contribution in [0.15, 0.2) is 18.3 Å². The molecule has 0 saturated heterocycles. The van der Waals surface area contributed by atoms with Crippen LogP contribution in [0.2, 0.25) is 0 Å². The van der Waals surface area contributed by atoms with Crippen LogP contribution < -0.4 is 5.32 Å². The average Bonchev–Trinajstić information content (AvgIpc) is 2.35. The van der Waals surface area contributed by atoms with Crippen molar-refractivity contribution in [2.75, 3.05) is 0 Å². The van der Waals surface area contributed by atoms with Gasteiger partial charge in [0.25, 0.3) is 5.91 Å². The molecule has 1 unspecified atom stereocenters. The van der Waals surface area contributed by atoms with Crippen molar-refractivity contribution in [1.82, 2.24) is 10.3 Å². The number of hydrogen-bond donors (Lipinski definition) is 2. The van der Waals surface area contributed by atoms with Crippen LogP contribution in [-0.4, -0.2) is 28.0 Å². The molecule has 1 aromatic rings. The topological polar surface area (TPSA) is 79.3 Å². The zero-order valence-corrected chi connectivity index (χ0v) is 10.2. The summed E-state index contributed by atoms with van der Waals surface area (Å²) in [6, 6.07) is 2.30. The number of carboxylic acids is 1. The highest BCUT2D eigenvalue weighted by Gasteiger charge is 2.15. The fourth-order valence-electron chi connectivity index (χ4n) is 1.27. The molecule has 1 aromatic heterocycles. The smallest absolute Gasteiger partial charge is 0.337 e. The first-order chi connectivity index (χ1) is 8.45. The average molecular weight is 246 g/mol. The van der Waals surface area contributed by atoms with Crippen molar-refractivity contribution in [1.29, 1.82) is 0 Å². The normalized spacial score (nSPS) is 11.7. The lowest BCUT2D eigenvalue weighted by Crippen LogP contribution is -2.37. The van der Waals surface area contributed by atoms with Gasteiger partial charge >= 0.3 is 5.97 Å². The van der Waals surface area contributed by atoms with Crippen LogP contribution in [-0.2, 0) is 0 Å². The molecule has 0 saturated carbocycles. The zero-order chi connectivity index (χ0) is 13.7. The molecule has 0 aliphatic carbocycles. The van der Waals surface area contributed by atoms with E-state index in [-0.39, 0.29) is 23.2 Å². The summed E-state index contributed by atoms with van der Waals surface area (Å²) < 4.78 is 0. The number of amides is 1. The molecule has 0 bridgehead atoms. The van der Waals surface area contributed by atoms with Gasteiger partial charge in [-0.15, -0.1) is 6.42 Å². The number of carboxylic acid groups (broad SMARTS) is 1. The van der Waals surface area contributed by atoms with E-state index >= 15 is 0 Å². The predicted molar refractivity (Wildman–Crippen MR) is 66.1 cm³/mol. The number of aromatic nitrogens is 1. The first kappa shape index (κ1) is 13.7. The van der Waals surface area contributed by atoms with Crippen LogP contribution in [0.1, 0.15) is 34.7 Å². The fourth-order valence-corrected chi connectivity index (χ4v) is 1.27. The van der Waals surface area contributed by atoms with Crippen molar-refractivity contribution < 1.29 is 14.7 Å². The minimum Gasteiger partial charge on any atom is -0.478 e. The van der Waals surface area contributed by atoms with E-state index in [1.807, 2.05) is 13.8 Å². The van der Waals surface area contributed by atoms with Gasteiger partial charge in [0.2, 0.25) is 0 Å². The number of carbonyl (C=O) groups is 2. The second-order valence-corrected chi connectivity index (χ2v) is 4.10. The van der Waals surface area contributed by atoms with Gasteiger partial charge in [0, 0.05) is 6.20 Å². The first-order valence-corrected chi connectivity index (χ1v) is 5.42. The molecule has 0 radical (unpaired) electrons. The fraction of sp³-hybridized carbons (Fsp3) is 0.308. The molecule has 18 heavy (non-hydrogen) atoms. The van der Waals surface area contributed by atoms with Crippen molar-refractivity contribution in [3.05, 3.63) is 29.6 Å². The van der Waals surface area contributed by atoms with Gasteiger partial charge in [-0.1, -0.05) is 19.8 Å². The molecule has 1 rings (SSSR count). The minimum absolute atomic E-state index is 0.0314. The number of rotatable bonds is 4. The maximum atomic E-state index is 11.8. The molecule has 0 aliphatic heterocycles. The van der Waals surface area contributed by atoms with Crippen LogP contribution >= 0.6 is 0 Å². The van der Waals surface area contributed by atoms with E-state index < -0.39 is 11.9 Å². The molecule has 5 nitrogen and oxygen atoms in total. The highest BCUT2D eigenvalue weighted by Crippen LogP contribution is 2.04. The van der Waals surface area contributed by atoms with Gasteiger partial charge in [-0.05, 0) is 18.1 Å². The lowest BCUT2D eigenvalue weighted by Gasteiger charge is -2.16. The number of nitrogens with one attached hydrogen (secondary N) is 1. The van der Waals surface area contributed by atoms with Gasteiger partial charge in [-0.3, -0.25) is 9.78 Å². The SMILES string of the molecule is C#CC(NC(=O)c1ccc(C(=O)O)cn1)C(C)C. The Morgan fingerprint density at radius 1 is 1.44 bits per heavy atom. The van der Waals surface area contributed by atoms with Crippen molar-refractivity contribution in [2.45, 2.75) is 19.9 Å². The third-order valence-electron chi connectivity index (χ3n) is 2.38. The van der Waals surface area contributed by atoms with E-state index in [9.17, 15) is 9.59 Å². The van der Waals surface area contributed by atoms with E-state index in [4.69, 9.17) is 11.5 Å². The molecular formula is C13H14N2O3. The Labute approximate surface area is 105 Å². The number of carbonyl (C=O) groups excluding carboxylic acids is 1. The summed E-state index contributed by atoms with van der Waals surface area (Å²) >= 11 is 0. The molecule has 5 heteroatoms. The number of terminal acetylenes is 1. The van der Waals surface area contributed by atoms with E-state index in [0.717, 1.165) is 6.20 Å². The van der Waals surface area contributed by atoms with E-state index in [1.54, 1.807) is 0 Å². The van der Waals surface area contributed by atoms with Crippen LogP contribution in [0.5, 0.6) is 0 Å². The maximum absolute atomic E-state index is 11.8. The highest BCUT2D eigenvalue weighted by molar-refractivity contribution is 5.94. The summed E-state index contributed by atoms with van der Waals surface area (Å²) in [6.07, 6.45) is 6.44. The van der Waals surface area contributed by atoms with Crippen molar-refractivity contribution >= 4 is 11.9 Å². The molecular weight excluding hydrogens is 232 g/mol. The second-order valence-electron chi connectivity index (χ2n) is 4.10. The Morgan fingerprint density at radius 3 is 2.50 bits per heavy atom. The third kappa shape index (κ3) is 3.32. The number of pyridine rings is 1. The highest BCUT2D eigenvalue weighted by atomic mass is 16.4. The number of hydrogen-bond acceptors (Lipinski definition) is 3. The second kappa shape index (κ2) is 5.82. The van der Waals surface area contributed by atoms with E-state index in [1.165, 1.54) is 12.1 Å². The van der Waals surface area contributed by atoms with Crippen LogP contribution in [0.25, 0.3) is 0 Å². The molecule has 1 atom stereocenters. The van der Waals surface area contributed by atoms with E-state index in [0.29, 0.717) is 0 Å². The largest absolute Gasteiger partial charge is 0.478 e. The quantitative estimate of drug-likeness (QED) is 0.781. The summed E-state index contributed by atoms with van der Waals surface area (Å²) in [4.78, 5) is 26.2. The van der Waals surface area contributed by atoms with Gasteiger partial charge in [0.15, 0.2) is 0 Å². The Balaban J connectivity index is 2.79. The van der Waals surface area contributed by atoms with Crippen LogP contribution in [0.3, 0.4) is 0 Å². The van der Waals surface area contributed by atoms with E-state index in [2.05, 4.69) is 16.2 Å². The summed E-state index contributed by atoms with van der Waals surface area (Å²) in [5.74, 6) is 1.09. The molecule has 0 aliphatic rings. The first-order valence-electron chi connectivity index (χ1n) is 5.42. The van der Waals surface area contributed by atoms with Crippen LogP contribution in [0.4, 0.5) is 0 Å². The Kier molecular flexibility index (Phi) is 4.44. The summed E-state index contributed by atoms with van der Waals surface area (Å²) in [6.45, 7) is 3.79. The predicted octanol–water partition coefficient (Wildman–Crippen LogP) is 1.17. The molecule has 2 N–H and O–H groups in total. The third-order valence-corrected chi connectivity index (χ3v) is 2.38. The number of aromatic carboxylic acids is 1. The standard InChI is InChI=1S/C13H14N2O3/c1-4-10(8(2)3)15-12(16)11-6-5-9(7-14-11)13(17)18/h1,5-8,10H,2-3H3,(H,15,16)(H,17,18). The molecule has 0 fully saturated rings. The molecule has 1 heterocycles. The van der Waals surface area contributed by atoms with Gasteiger partial charge in [0.1, 0.15) is 5.69 Å². The van der Waals surface area contributed by atoms with Gasteiger partial charge in [-0.2, -0.15) is 0 Å². The molecule has 1 amide bonds. The monoisotopic (exact) mass is 246 g/mol. The Hall–Kier alpha value is -2.35. The minimum atomic E-state index is -1.09. The van der Waals surface area contributed by atoms with Gasteiger partial charge < -0.3 is 10.4 Å². The lowest BCUT2D eigenvalue weighted by atomic mass is 10.1. The summed E-state index contributed by atoms with van der Waals surface area (Å²) in [5, 5.41) is 11.3. The molecule has 0 spiro atoms. The number of nitrogens with zero attached hydrogens (tertiary/aromatic N) is 1. The summed E-state index contributed by atoms with van der Waals surface area (Å²) in [7, 11) is 0. The molecule has 0 aromatic carbocycles. The van der Waals surface area contributed by atoms with Crippen molar-refractivity contribution in [3.8, 4) is 12.3 Å². The Morgan fingerprint density at radius 2 is 2.11 bits per heavy atom. The van der Waals surface area contributed by atoms with Crippen molar-refractivity contribution in [2.24, 2.45) is 5.92 Å². The van der Waals surface area contributed by atoms with Gasteiger partial charge in [-0.25, -0.2) is 4.79 Å². The van der Waals surface area contributed by atoms with Gasteiger partial charge in [0.05, 0.1) is 11.6 Å². The maximum Gasteiger partial charge on any atom is 0.337 e. The van der Waals surface area contributed by atoms with Crippen molar-refractivity contribution in [3.63, 3.8) is 0 Å². The molecule has 94 valence electrons. The Bertz CT molecular complexity index is 486.